The summed E-state index contributed by atoms with van der Waals surface area (Å²) in [6.45, 7) is 3.42. The first-order valence-corrected chi connectivity index (χ1v) is 14.8. The van der Waals surface area contributed by atoms with Gasteiger partial charge in [0.2, 0.25) is 5.91 Å². The lowest BCUT2D eigenvalue weighted by Crippen LogP contribution is -2.61. The van der Waals surface area contributed by atoms with Gasteiger partial charge in [-0.3, -0.25) is 4.79 Å². The Morgan fingerprint density at radius 3 is 2.66 bits per heavy atom. The molecule has 1 saturated heterocycles. The number of piperidine rings is 1. The molecule has 1 aliphatic heterocycles. The Hall–Kier alpha value is -2.37. The number of hydrogen-bond donors (Lipinski definition) is 1. The lowest BCUT2D eigenvalue weighted by Gasteiger charge is -2.55. The van der Waals surface area contributed by atoms with Gasteiger partial charge < -0.3 is 19.7 Å². The number of methoxy groups -OCH3 is 2. The van der Waals surface area contributed by atoms with Gasteiger partial charge in [-0.2, -0.15) is 0 Å². The van der Waals surface area contributed by atoms with E-state index in [0.717, 1.165) is 69.7 Å². The van der Waals surface area contributed by atoms with Crippen LogP contribution >= 0.6 is 0 Å². The Morgan fingerprint density at radius 2 is 1.89 bits per heavy atom. The summed E-state index contributed by atoms with van der Waals surface area (Å²) < 4.78 is 11.8. The molecule has 2 saturated carbocycles. The molecule has 5 rings (SSSR count). The summed E-state index contributed by atoms with van der Waals surface area (Å²) in [5.41, 5.74) is 2.71. The minimum atomic E-state index is -0.0128. The van der Waals surface area contributed by atoms with Crippen molar-refractivity contribution in [1.82, 2.24) is 10.2 Å². The molecule has 1 N–H and O–H groups in total. The van der Waals surface area contributed by atoms with Crippen molar-refractivity contribution < 1.29 is 14.3 Å². The zero-order chi connectivity index (χ0) is 26.4. The SMILES string of the molecule is COc1cccc(C23CCN(CC4CC4)CC2C(OC)CC(NC(=O)CCCCCc2ccccc2)C3)c1. The molecule has 4 unspecified atom stereocenters. The van der Waals surface area contributed by atoms with Crippen molar-refractivity contribution in [2.75, 3.05) is 33.9 Å². The molecule has 1 amide bonds. The molecule has 0 bridgehead atoms. The third kappa shape index (κ3) is 6.60. The maximum Gasteiger partial charge on any atom is 0.220 e. The fraction of sp³-hybridized carbons (Fsp3) is 0.606. The van der Waals surface area contributed by atoms with Gasteiger partial charge in [-0.25, -0.2) is 0 Å². The zero-order valence-electron chi connectivity index (χ0n) is 23.4. The number of ether oxygens (including phenoxy) is 2. The predicted molar refractivity (Wildman–Crippen MR) is 153 cm³/mol. The average Bonchev–Trinajstić information content (AvgIpc) is 3.77. The number of fused-ring (bicyclic) bond motifs is 1. The van der Waals surface area contributed by atoms with Gasteiger partial charge in [-0.05, 0) is 87.1 Å². The first-order valence-electron chi connectivity index (χ1n) is 14.8. The van der Waals surface area contributed by atoms with Crippen LogP contribution in [0.3, 0.4) is 0 Å². The predicted octanol–water partition coefficient (Wildman–Crippen LogP) is 5.76. The fourth-order valence-electron chi connectivity index (χ4n) is 7.13. The summed E-state index contributed by atoms with van der Waals surface area (Å²) in [5, 5.41) is 3.44. The molecule has 1 heterocycles. The lowest BCUT2D eigenvalue weighted by atomic mass is 9.57. The highest BCUT2D eigenvalue weighted by molar-refractivity contribution is 5.76. The van der Waals surface area contributed by atoms with Crippen molar-refractivity contribution >= 4 is 5.91 Å². The highest BCUT2D eigenvalue weighted by Gasteiger charge is 2.53. The van der Waals surface area contributed by atoms with Crippen molar-refractivity contribution in [3.05, 3.63) is 65.7 Å². The van der Waals surface area contributed by atoms with Gasteiger partial charge in [-0.15, -0.1) is 0 Å². The Kier molecular flexibility index (Phi) is 9.06. The molecule has 3 aliphatic rings. The van der Waals surface area contributed by atoms with Crippen molar-refractivity contribution in [3.63, 3.8) is 0 Å². The van der Waals surface area contributed by atoms with Gasteiger partial charge in [0.1, 0.15) is 5.75 Å². The number of aryl methyl sites for hydroxylation is 1. The second-order valence-corrected chi connectivity index (χ2v) is 12.0. The van der Waals surface area contributed by atoms with E-state index in [4.69, 9.17) is 9.47 Å². The van der Waals surface area contributed by atoms with Crippen LogP contribution < -0.4 is 10.1 Å². The molecule has 38 heavy (non-hydrogen) atoms. The highest BCUT2D eigenvalue weighted by Crippen LogP contribution is 2.51. The topological polar surface area (TPSA) is 50.8 Å². The van der Waals surface area contributed by atoms with E-state index in [0.29, 0.717) is 12.3 Å². The van der Waals surface area contributed by atoms with Crippen LogP contribution in [0.5, 0.6) is 5.75 Å². The molecule has 0 aromatic heterocycles. The second kappa shape index (κ2) is 12.7. The number of rotatable bonds is 12. The highest BCUT2D eigenvalue weighted by atomic mass is 16.5. The lowest BCUT2D eigenvalue weighted by molar-refractivity contribution is -0.124. The van der Waals surface area contributed by atoms with Gasteiger partial charge >= 0.3 is 0 Å². The minimum absolute atomic E-state index is 0.0128. The molecule has 3 fully saturated rings. The molecular weight excluding hydrogens is 472 g/mol. The molecule has 2 aliphatic carbocycles. The van der Waals surface area contributed by atoms with Gasteiger partial charge in [0.05, 0.1) is 13.2 Å². The van der Waals surface area contributed by atoms with E-state index >= 15 is 0 Å². The fourth-order valence-corrected chi connectivity index (χ4v) is 7.13. The first-order chi connectivity index (χ1) is 18.6. The number of benzene rings is 2. The molecule has 0 spiro atoms. The van der Waals surface area contributed by atoms with Crippen molar-refractivity contribution in [1.29, 1.82) is 0 Å². The molecule has 2 aromatic rings. The summed E-state index contributed by atoms with van der Waals surface area (Å²) in [6.07, 6.45) is 10.7. The number of hydrogen-bond acceptors (Lipinski definition) is 4. The molecule has 2 aromatic carbocycles. The molecule has 0 radical (unpaired) electrons. The maximum absolute atomic E-state index is 13.0. The normalized spacial score (nSPS) is 27.5. The number of unbranched alkanes of at least 4 members (excludes halogenated alkanes) is 2. The van der Waals surface area contributed by atoms with E-state index < -0.39 is 0 Å². The third-order valence-corrected chi connectivity index (χ3v) is 9.35. The smallest absolute Gasteiger partial charge is 0.220 e. The van der Waals surface area contributed by atoms with Crippen LogP contribution in [-0.2, 0) is 21.4 Å². The standard InChI is InChI=1S/C33H46N2O3/c1-37-29-14-9-13-27(20-29)33-18-19-35(23-26-16-17-26)24-30(33)31(38-2)21-28(22-33)34-32(36)15-8-4-7-12-25-10-5-3-6-11-25/h3,5-6,9-11,13-14,20,26,28,30-31H,4,7-8,12,15-19,21-24H2,1-2H3,(H,34,36). The van der Waals surface area contributed by atoms with Gasteiger partial charge in [-0.1, -0.05) is 48.9 Å². The van der Waals surface area contributed by atoms with Crippen LogP contribution in [0.4, 0.5) is 0 Å². The Labute approximate surface area is 229 Å². The van der Waals surface area contributed by atoms with Crippen molar-refractivity contribution in [2.24, 2.45) is 11.8 Å². The van der Waals surface area contributed by atoms with Crippen molar-refractivity contribution in [2.45, 2.75) is 81.8 Å². The summed E-state index contributed by atoms with van der Waals surface area (Å²) in [5.74, 6) is 2.41. The molecule has 206 valence electrons. The quantitative estimate of drug-likeness (QED) is 0.363. The van der Waals surface area contributed by atoms with E-state index in [2.05, 4.69) is 58.7 Å². The third-order valence-electron chi connectivity index (χ3n) is 9.35. The molecule has 4 atom stereocenters. The summed E-state index contributed by atoms with van der Waals surface area (Å²) in [6, 6.07) is 19.4. The van der Waals surface area contributed by atoms with E-state index in [9.17, 15) is 4.79 Å². The monoisotopic (exact) mass is 518 g/mol. The van der Waals surface area contributed by atoms with Crippen LogP contribution in [0.2, 0.25) is 0 Å². The van der Waals surface area contributed by atoms with E-state index in [1.54, 1.807) is 7.11 Å². The van der Waals surface area contributed by atoms with E-state index in [1.807, 2.05) is 13.2 Å². The Balaban J connectivity index is 1.23. The number of likely N-dealkylation sites (tertiary alicyclic amines) is 1. The van der Waals surface area contributed by atoms with Crippen LogP contribution in [-0.4, -0.2) is 56.8 Å². The number of nitrogens with one attached hydrogen (secondary N) is 1. The zero-order valence-corrected chi connectivity index (χ0v) is 23.4. The Morgan fingerprint density at radius 1 is 1.05 bits per heavy atom. The number of nitrogens with zero attached hydrogens (tertiary/aromatic N) is 1. The second-order valence-electron chi connectivity index (χ2n) is 12.0. The largest absolute Gasteiger partial charge is 0.497 e. The molecular formula is C33H46N2O3. The Bertz CT molecular complexity index is 1040. The number of carbonyl (C=O) groups is 1. The van der Waals surface area contributed by atoms with Crippen LogP contribution in [0.25, 0.3) is 0 Å². The van der Waals surface area contributed by atoms with Crippen molar-refractivity contribution in [3.8, 4) is 5.75 Å². The first kappa shape index (κ1) is 27.2. The van der Waals surface area contributed by atoms with Gasteiger partial charge in [0, 0.05) is 44.0 Å². The summed E-state index contributed by atoms with van der Waals surface area (Å²) >= 11 is 0. The van der Waals surface area contributed by atoms with Gasteiger partial charge in [0.15, 0.2) is 0 Å². The van der Waals surface area contributed by atoms with Gasteiger partial charge in [0.25, 0.3) is 0 Å². The van der Waals surface area contributed by atoms with E-state index in [1.165, 1.54) is 30.5 Å². The molecule has 5 heteroatoms. The number of amides is 1. The maximum atomic E-state index is 13.0. The van der Waals surface area contributed by atoms with E-state index in [-0.39, 0.29) is 23.5 Å². The number of carbonyl (C=O) groups excluding carboxylic acids is 1. The van der Waals surface area contributed by atoms with Crippen LogP contribution in [0.1, 0.15) is 68.9 Å². The van der Waals surface area contributed by atoms with Crippen LogP contribution in [0.15, 0.2) is 54.6 Å². The summed E-state index contributed by atoms with van der Waals surface area (Å²) in [7, 11) is 3.60. The summed E-state index contributed by atoms with van der Waals surface area (Å²) in [4.78, 5) is 15.7. The van der Waals surface area contributed by atoms with Crippen LogP contribution in [0, 0.1) is 11.8 Å². The minimum Gasteiger partial charge on any atom is -0.497 e. The average molecular weight is 519 g/mol. The molecule has 5 nitrogen and oxygen atoms in total.